The molecule has 0 unspecified atom stereocenters. The number of oxime groups is 1. The Hall–Kier alpha value is -6.86. The number of amides is 4. The van der Waals surface area contributed by atoms with Crippen molar-refractivity contribution in [2.75, 3.05) is 25.0 Å². The second-order valence-electron chi connectivity index (χ2n) is 17.0. The highest BCUT2D eigenvalue weighted by molar-refractivity contribution is 7.80. The number of anilines is 1. The van der Waals surface area contributed by atoms with E-state index in [1.54, 1.807) is 106 Å². The lowest BCUT2D eigenvalue weighted by molar-refractivity contribution is -0.218. The van der Waals surface area contributed by atoms with E-state index in [2.05, 4.69) is 30.4 Å². The standard InChI is InChI=1S/C44H49ClN8O14S2/c1-43(2,3)65-41(57)50-40-48-31(35(45)68-40)32(37(54)49-34-38(55)53(44(34,4)5)67-69(60,61)62)51-66-30(39(56)64-33(25-12-8-6-9-13-25)26-14-10-7-11-15-26)24-63-29-18-16-27(17-19-29)36(46)47-28-20-22-52(23-21-28)42(58)59/h6-19,28,30,33-34H,20-24H2,1-5H3,(H2,46,47)(H,49,54)(H,58,59)(H,48,50,57)(H,60,61,62)/b51-32-/t30-,34+/m0/s1. The van der Waals surface area contributed by atoms with E-state index in [9.17, 15) is 42.0 Å². The first-order valence-corrected chi connectivity index (χ1v) is 23.6. The molecule has 25 heteroatoms. The summed E-state index contributed by atoms with van der Waals surface area (Å²) >= 11 is 7.30. The summed E-state index contributed by atoms with van der Waals surface area (Å²) in [6.45, 7) is 7.64. The normalized spacial score (nSPS) is 16.7. The van der Waals surface area contributed by atoms with E-state index in [1.807, 2.05) is 0 Å². The lowest BCUT2D eigenvalue weighted by Gasteiger charge is -2.50. The third kappa shape index (κ3) is 13.7. The number of piperidine rings is 1. The van der Waals surface area contributed by atoms with Crippen LogP contribution in [0.5, 0.6) is 5.75 Å². The number of nitrogens with one attached hydrogen (secondary N) is 4. The van der Waals surface area contributed by atoms with Crippen molar-refractivity contribution in [1.29, 1.82) is 5.41 Å². The zero-order chi connectivity index (χ0) is 50.3. The van der Waals surface area contributed by atoms with Crippen molar-refractivity contribution in [2.45, 2.75) is 82.9 Å². The number of hydrogen-bond acceptors (Lipinski definition) is 16. The number of esters is 1. The molecule has 2 fully saturated rings. The number of hydrogen-bond donors (Lipinski definition) is 6. The average Bonchev–Trinajstić information content (AvgIpc) is 3.65. The van der Waals surface area contributed by atoms with Gasteiger partial charge in [-0.15, -0.1) is 4.28 Å². The summed E-state index contributed by atoms with van der Waals surface area (Å²) in [5.41, 5.74) is -1.91. The molecule has 2 aliphatic rings. The summed E-state index contributed by atoms with van der Waals surface area (Å²) < 4.78 is 53.8. The van der Waals surface area contributed by atoms with Gasteiger partial charge in [0.15, 0.2) is 16.9 Å². The van der Waals surface area contributed by atoms with Crippen LogP contribution in [-0.4, -0.2) is 124 Å². The molecule has 22 nitrogen and oxygen atoms in total. The van der Waals surface area contributed by atoms with E-state index >= 15 is 0 Å². The Morgan fingerprint density at radius 2 is 1.57 bits per heavy atom. The molecule has 69 heavy (non-hydrogen) atoms. The summed E-state index contributed by atoms with van der Waals surface area (Å²) in [7, 11) is -5.14. The number of carbonyl (C=O) groups is 5. The minimum Gasteiger partial charge on any atom is -0.489 e. The number of hydroxylamine groups is 2. The van der Waals surface area contributed by atoms with E-state index in [-0.39, 0.29) is 32.8 Å². The molecular formula is C44H49ClN8O14S2. The molecule has 2 saturated heterocycles. The maximum Gasteiger partial charge on any atom is 0.418 e. The lowest BCUT2D eigenvalue weighted by Crippen LogP contribution is -2.76. The van der Waals surface area contributed by atoms with E-state index in [0.717, 1.165) is 0 Å². The fourth-order valence-corrected chi connectivity index (χ4v) is 8.41. The van der Waals surface area contributed by atoms with Crippen LogP contribution < -0.4 is 20.7 Å². The molecule has 6 N–H and O–H groups in total. The molecule has 0 bridgehead atoms. The molecule has 4 aromatic rings. The number of aromatic nitrogens is 1. The second-order valence-corrected chi connectivity index (χ2v) is 19.6. The molecule has 3 aromatic carbocycles. The Morgan fingerprint density at radius 3 is 2.10 bits per heavy atom. The maximum atomic E-state index is 14.3. The van der Waals surface area contributed by atoms with Crippen LogP contribution in [0.25, 0.3) is 0 Å². The molecule has 2 atom stereocenters. The fourth-order valence-electron chi connectivity index (χ4n) is 6.93. The van der Waals surface area contributed by atoms with Crippen LogP contribution in [0, 0.1) is 5.41 Å². The largest absolute Gasteiger partial charge is 0.489 e. The second kappa shape index (κ2) is 21.6. The smallest absolute Gasteiger partial charge is 0.418 e. The Bertz CT molecular complexity index is 2640. The van der Waals surface area contributed by atoms with Crippen molar-refractivity contribution in [2.24, 2.45) is 5.16 Å². The summed E-state index contributed by atoms with van der Waals surface area (Å²) in [6.07, 6.45) is -3.58. The summed E-state index contributed by atoms with van der Waals surface area (Å²) in [5, 5.41) is 30.1. The molecule has 6 rings (SSSR count). The van der Waals surface area contributed by atoms with E-state index < -0.39 is 82.1 Å². The summed E-state index contributed by atoms with van der Waals surface area (Å²) in [5.74, 6) is -2.96. The quantitative estimate of drug-likeness (QED) is 0.0189. The van der Waals surface area contributed by atoms with Crippen LogP contribution in [0.2, 0.25) is 4.34 Å². The third-order valence-electron chi connectivity index (χ3n) is 10.4. The third-order valence-corrected chi connectivity index (χ3v) is 11.9. The summed E-state index contributed by atoms with van der Waals surface area (Å²) in [4.78, 5) is 77.0. The van der Waals surface area contributed by atoms with Crippen molar-refractivity contribution in [1.82, 2.24) is 25.6 Å². The number of ether oxygens (including phenoxy) is 3. The fraction of sp³-hybridized carbons (Fsp3) is 0.364. The van der Waals surface area contributed by atoms with Crippen molar-refractivity contribution in [3.8, 4) is 5.75 Å². The zero-order valence-corrected chi connectivity index (χ0v) is 40.1. The van der Waals surface area contributed by atoms with Crippen molar-refractivity contribution in [3.63, 3.8) is 0 Å². The summed E-state index contributed by atoms with van der Waals surface area (Å²) in [6, 6.07) is 22.3. The van der Waals surface area contributed by atoms with Crippen molar-refractivity contribution in [3.05, 3.63) is 112 Å². The average molecular weight is 1010 g/mol. The number of nitrogens with zero attached hydrogens (tertiary/aromatic N) is 4. The molecule has 4 amide bonds. The van der Waals surface area contributed by atoms with Crippen molar-refractivity contribution < 1.29 is 65.4 Å². The van der Waals surface area contributed by atoms with E-state index in [4.69, 9.17) is 36.1 Å². The number of rotatable bonds is 17. The van der Waals surface area contributed by atoms with Gasteiger partial charge in [0.1, 0.15) is 39.9 Å². The number of likely N-dealkylation sites (tertiary alicyclic amines) is 1. The molecule has 0 saturated carbocycles. The predicted molar refractivity (Wildman–Crippen MR) is 249 cm³/mol. The predicted octanol–water partition coefficient (Wildman–Crippen LogP) is 5.54. The molecule has 368 valence electrons. The molecule has 1 aromatic heterocycles. The molecular weight excluding hydrogens is 964 g/mol. The topological polar surface area (TPSA) is 298 Å². The highest BCUT2D eigenvalue weighted by Crippen LogP contribution is 2.34. The van der Waals surface area contributed by atoms with Crippen LogP contribution in [-0.2, 0) is 43.4 Å². The Kier molecular flexibility index (Phi) is 16.1. The Balaban J connectivity index is 1.30. The zero-order valence-electron chi connectivity index (χ0n) is 37.7. The van der Waals surface area contributed by atoms with Gasteiger partial charge in [-0.2, -0.15) is 13.5 Å². The van der Waals surface area contributed by atoms with Gasteiger partial charge in [-0.3, -0.25) is 24.9 Å². The number of benzene rings is 3. The number of thiazole rings is 1. The maximum absolute atomic E-state index is 14.3. The van der Waals surface area contributed by atoms with Crippen LogP contribution >= 0.6 is 22.9 Å². The van der Waals surface area contributed by atoms with Gasteiger partial charge in [0.05, 0.1) is 5.54 Å². The van der Waals surface area contributed by atoms with Crippen LogP contribution in [0.1, 0.15) is 75.9 Å². The first-order chi connectivity index (χ1) is 32.5. The monoisotopic (exact) mass is 1010 g/mol. The first kappa shape index (κ1) is 51.5. The highest BCUT2D eigenvalue weighted by Gasteiger charge is 2.58. The highest BCUT2D eigenvalue weighted by atomic mass is 35.5. The van der Waals surface area contributed by atoms with E-state index in [1.165, 1.54) is 18.7 Å². The molecule has 0 aliphatic carbocycles. The van der Waals surface area contributed by atoms with Crippen LogP contribution in [0.3, 0.4) is 0 Å². The Morgan fingerprint density at radius 1 is 0.971 bits per heavy atom. The number of carbonyl (C=O) groups excluding carboxylic acids is 4. The molecule has 0 radical (unpaired) electrons. The minimum absolute atomic E-state index is 0.101. The van der Waals surface area contributed by atoms with Gasteiger partial charge in [-0.25, -0.2) is 19.4 Å². The van der Waals surface area contributed by atoms with Gasteiger partial charge in [0, 0.05) is 24.7 Å². The molecule has 0 spiro atoms. The van der Waals surface area contributed by atoms with E-state index in [0.29, 0.717) is 59.0 Å². The number of amidine groups is 1. The Labute approximate surface area is 405 Å². The SMILES string of the molecule is CC(C)(C)OC(=O)Nc1nc(/C(=N/O[C@@H](COc2ccc(C(=N)NC3CCN(C(=O)O)CC3)cc2)C(=O)OC(c2ccccc2)c2ccccc2)C(=O)N[C@@H]2C(=O)N(OS(=O)(=O)O)C2(C)C)c(Cl)s1. The molecule has 3 heterocycles. The van der Waals surface area contributed by atoms with Gasteiger partial charge in [-0.1, -0.05) is 88.8 Å². The van der Waals surface area contributed by atoms with Gasteiger partial charge in [0.25, 0.3) is 17.9 Å². The lowest BCUT2D eigenvalue weighted by atomic mass is 9.84. The van der Waals surface area contributed by atoms with Crippen LogP contribution in [0.15, 0.2) is 90.1 Å². The number of carboxylic acid groups (broad SMARTS) is 1. The van der Waals surface area contributed by atoms with Crippen LogP contribution in [0.4, 0.5) is 14.7 Å². The van der Waals surface area contributed by atoms with Gasteiger partial charge in [0.2, 0.25) is 0 Å². The minimum atomic E-state index is -5.14. The van der Waals surface area contributed by atoms with Gasteiger partial charge < -0.3 is 39.7 Å². The number of β-lactam (4-membered cyclic amide) rings is 1. The van der Waals surface area contributed by atoms with Gasteiger partial charge in [-0.05, 0) is 82.9 Å². The molecule has 2 aliphatic heterocycles. The van der Waals surface area contributed by atoms with Crippen molar-refractivity contribution >= 4 is 80.0 Å². The van der Waals surface area contributed by atoms with Gasteiger partial charge >= 0.3 is 28.6 Å². The number of halogens is 1. The first-order valence-electron chi connectivity index (χ1n) is 21.1.